The van der Waals surface area contributed by atoms with E-state index in [9.17, 15) is 0 Å². The first-order chi connectivity index (χ1) is 63.8. The summed E-state index contributed by atoms with van der Waals surface area (Å²) in [4.78, 5) is 11.6. The minimum Gasteiger partial charge on any atom is -0.497 e. The fourth-order valence-electron chi connectivity index (χ4n) is 16.4. The van der Waals surface area contributed by atoms with E-state index in [1.54, 1.807) is 14.2 Å². The Kier molecular flexibility index (Phi) is 33.3. The van der Waals surface area contributed by atoms with Crippen molar-refractivity contribution in [2.75, 3.05) is 38.7 Å². The highest BCUT2D eigenvalue weighted by Crippen LogP contribution is 2.45. The van der Waals surface area contributed by atoms with Gasteiger partial charge in [0.2, 0.25) is 0 Å². The number of benzene rings is 17. The number of aryl methyl sites for hydroxylation is 3. The Hall–Kier alpha value is -14.1. The van der Waals surface area contributed by atoms with Gasteiger partial charge in [-0.3, -0.25) is 0 Å². The Bertz CT molecular complexity index is 6190. The topological polar surface area (TPSA) is 34.7 Å². The average molecular weight is 1720 g/mol. The van der Waals surface area contributed by atoms with Crippen molar-refractivity contribution in [3.8, 4) is 11.5 Å². The van der Waals surface area contributed by atoms with Gasteiger partial charge in [-0.1, -0.05) is 312 Å². The lowest BCUT2D eigenvalue weighted by Gasteiger charge is -2.28. The zero-order valence-electron chi connectivity index (χ0n) is 79.7. The molecule has 7 heteroatoms. The Labute approximate surface area is 782 Å². The minimum atomic E-state index is 0.170. The number of hydrogen-bond acceptors (Lipinski definition) is 7. The third kappa shape index (κ3) is 24.1. The van der Waals surface area contributed by atoms with Gasteiger partial charge in [-0.15, -0.1) is 0 Å². The molecule has 0 aliphatic carbocycles. The summed E-state index contributed by atoms with van der Waals surface area (Å²) < 4.78 is 10.6. The van der Waals surface area contributed by atoms with E-state index in [1.807, 2.05) is 24.3 Å². The first-order valence-corrected chi connectivity index (χ1v) is 46.9. The van der Waals surface area contributed by atoms with Crippen molar-refractivity contribution in [3.63, 3.8) is 0 Å². The summed E-state index contributed by atoms with van der Waals surface area (Å²) in [6.07, 6.45) is 5.72. The Morgan fingerprint density at radius 1 is 0.237 bits per heavy atom. The van der Waals surface area contributed by atoms with Gasteiger partial charge in [-0.05, 0) is 320 Å². The molecule has 0 saturated heterocycles. The smallest absolute Gasteiger partial charge is 0.119 e. The molecule has 4 unspecified atom stereocenters. The van der Waals surface area contributed by atoms with Crippen LogP contribution < -0.4 is 34.0 Å². The van der Waals surface area contributed by atoms with Crippen LogP contribution in [0.3, 0.4) is 0 Å². The van der Waals surface area contributed by atoms with E-state index < -0.39 is 0 Å². The summed E-state index contributed by atoms with van der Waals surface area (Å²) in [7, 11) is 3.37. The van der Waals surface area contributed by atoms with Crippen LogP contribution >= 0.6 is 0 Å². The molecule has 0 saturated carbocycles. The lowest BCUT2D eigenvalue weighted by atomic mass is 9.82. The number of rotatable bonds is 27. The quantitative estimate of drug-likeness (QED) is 0.0508. The maximum absolute atomic E-state index is 5.32. The largest absolute Gasteiger partial charge is 0.497 e. The molecule has 0 aliphatic heterocycles. The summed E-state index contributed by atoms with van der Waals surface area (Å²) in [6, 6.07) is 149. The molecule has 17 rings (SSSR count). The zero-order valence-corrected chi connectivity index (χ0v) is 79.7. The predicted molar refractivity (Wildman–Crippen MR) is 566 cm³/mol. The third-order valence-corrected chi connectivity index (χ3v) is 25.7. The normalized spacial score (nSPS) is 11.8. The van der Waals surface area contributed by atoms with E-state index in [0.717, 1.165) is 60.7 Å². The fraction of sp³-hybridized carbons (Fsp3) is 0.210. The summed E-state index contributed by atoms with van der Waals surface area (Å²) in [5.41, 5.74) is 28.5. The standard InChI is InChI=1S/C27H27N.C26H25N.C25H29NO2.C24H27N.C22H23N/c1-4-20(2)22-15-17-24(18-16-22)28(23-10-6-5-7-11-23)27-19-14-21(3)25-12-8-9-13-26(25)27;1-3-20(2)21-16-18-24(19-17-21)27(23-12-5-4-6-13-23)26-15-9-11-22-10-7-8-14-25(22)26;1-6-25(2,3)19-7-9-20(10-8-19)26(21-11-15-23(27-4)16-12-21)22-13-17-24(28-5)18-14-22;1-5-20(4)21-7-6-8-24(17-21)25(22-13-9-18(2)10-14-22)23-15-11-19(3)12-16-23;1-3-18(2)19-11-10-16-22(17-19)23(20-12-6-4-7-13-20)21-14-8-5-9-15-21/h5-20H,4H2,1-3H3;4-20H,3H2,1-2H3;7-18H,6H2,1-5H3;6-17,20H,5H2,1-4H3;4-18H,3H2,1-2H3. The number of fused-ring (bicyclic) bond motifs is 2. The summed E-state index contributed by atoms with van der Waals surface area (Å²) in [6.45, 7) is 31.4. The maximum Gasteiger partial charge on any atom is 0.119 e. The van der Waals surface area contributed by atoms with Crippen LogP contribution in [0.2, 0.25) is 0 Å². The molecule has 0 amide bonds. The molecule has 131 heavy (non-hydrogen) atoms. The fourth-order valence-corrected chi connectivity index (χ4v) is 16.4. The molecule has 4 atom stereocenters. The van der Waals surface area contributed by atoms with E-state index >= 15 is 0 Å². The van der Waals surface area contributed by atoms with Crippen molar-refractivity contribution in [3.05, 3.63) is 463 Å². The van der Waals surface area contributed by atoms with Crippen molar-refractivity contribution in [2.24, 2.45) is 0 Å². The van der Waals surface area contributed by atoms with Crippen LogP contribution in [0.5, 0.6) is 11.5 Å². The van der Waals surface area contributed by atoms with E-state index in [4.69, 9.17) is 9.47 Å². The molecule has 0 radical (unpaired) electrons. The van der Waals surface area contributed by atoms with Crippen molar-refractivity contribution >= 4 is 107 Å². The molecule has 0 heterocycles. The van der Waals surface area contributed by atoms with Gasteiger partial charge in [0.1, 0.15) is 11.5 Å². The number of methoxy groups -OCH3 is 2. The van der Waals surface area contributed by atoms with E-state index in [0.29, 0.717) is 23.7 Å². The Morgan fingerprint density at radius 3 is 0.885 bits per heavy atom. The average Bonchev–Trinajstić information content (AvgIpc) is 0.775. The second-order valence-electron chi connectivity index (χ2n) is 34.9. The van der Waals surface area contributed by atoms with Crippen molar-refractivity contribution < 1.29 is 9.47 Å². The summed E-state index contributed by atoms with van der Waals surface area (Å²) in [5.74, 6) is 4.00. The van der Waals surface area contributed by atoms with Crippen molar-refractivity contribution in [1.29, 1.82) is 0 Å². The molecular weight excluding hydrogens is 1590 g/mol. The Morgan fingerprint density at radius 2 is 0.511 bits per heavy atom. The van der Waals surface area contributed by atoms with Crippen LogP contribution in [-0.4, -0.2) is 14.2 Å². The molecule has 17 aromatic carbocycles. The Balaban J connectivity index is 0.000000140. The zero-order chi connectivity index (χ0) is 92.2. The van der Waals surface area contributed by atoms with Gasteiger partial charge in [0.15, 0.2) is 0 Å². The SMILES string of the molecule is CCC(C)(C)c1ccc(N(c2ccc(OC)cc2)c2ccc(OC)cc2)cc1.CCC(C)c1ccc(N(c2ccccc2)c2ccc(C)c3ccccc23)cc1.CCC(C)c1ccc(N(c2ccccc2)c2cccc3ccccc23)cc1.CCC(C)c1cccc(N(c2ccc(C)cc2)c2ccc(C)cc2)c1.CCC(C)c1cccc(N(c2ccccc2)c2ccccc2)c1. The molecule has 664 valence electrons. The van der Waals surface area contributed by atoms with Crippen LogP contribution in [0.4, 0.5) is 85.3 Å². The second kappa shape index (κ2) is 46.2. The van der Waals surface area contributed by atoms with Crippen molar-refractivity contribution in [2.45, 2.75) is 158 Å². The van der Waals surface area contributed by atoms with Gasteiger partial charge in [0.05, 0.1) is 25.6 Å². The highest BCUT2D eigenvalue weighted by atomic mass is 16.5. The van der Waals surface area contributed by atoms with Gasteiger partial charge in [-0.25, -0.2) is 0 Å². The van der Waals surface area contributed by atoms with Gasteiger partial charge in [0, 0.05) is 84.7 Å². The number of ether oxygens (including phenoxy) is 2. The highest BCUT2D eigenvalue weighted by molar-refractivity contribution is 6.01. The lowest BCUT2D eigenvalue weighted by Crippen LogP contribution is -2.16. The summed E-state index contributed by atoms with van der Waals surface area (Å²) in [5, 5.41) is 5.09. The third-order valence-electron chi connectivity index (χ3n) is 25.7. The van der Waals surface area contributed by atoms with Crippen LogP contribution in [-0.2, 0) is 5.41 Å². The molecule has 7 nitrogen and oxygen atoms in total. The molecule has 0 aromatic heterocycles. The summed E-state index contributed by atoms with van der Waals surface area (Å²) >= 11 is 0. The van der Waals surface area contributed by atoms with Crippen molar-refractivity contribution in [1.82, 2.24) is 0 Å². The number of nitrogens with zero attached hydrogens (tertiary/aromatic N) is 5. The second-order valence-corrected chi connectivity index (χ2v) is 34.9. The molecule has 0 bridgehead atoms. The van der Waals surface area contributed by atoms with E-state index in [-0.39, 0.29) is 5.41 Å². The molecule has 17 aromatic rings. The molecular formula is C124H131N5O2. The number of hydrogen-bond donors (Lipinski definition) is 0. The van der Waals surface area contributed by atoms with E-state index in [2.05, 4.69) is 516 Å². The van der Waals surface area contributed by atoms with E-state index in [1.165, 1.54) is 134 Å². The molecule has 0 N–H and O–H groups in total. The molecule has 0 spiro atoms. The monoisotopic (exact) mass is 1720 g/mol. The first-order valence-electron chi connectivity index (χ1n) is 46.9. The van der Waals surface area contributed by atoms with Crippen LogP contribution in [0.15, 0.2) is 419 Å². The molecule has 0 aliphatic rings. The number of anilines is 15. The maximum atomic E-state index is 5.32. The van der Waals surface area contributed by atoms with Crippen LogP contribution in [0.25, 0.3) is 21.5 Å². The van der Waals surface area contributed by atoms with Crippen LogP contribution in [0.1, 0.15) is 176 Å². The molecule has 0 fully saturated rings. The van der Waals surface area contributed by atoms with Gasteiger partial charge in [0.25, 0.3) is 0 Å². The van der Waals surface area contributed by atoms with Gasteiger partial charge >= 0.3 is 0 Å². The van der Waals surface area contributed by atoms with Gasteiger partial charge in [-0.2, -0.15) is 0 Å². The predicted octanol–water partition coefficient (Wildman–Crippen LogP) is 36.8. The van der Waals surface area contributed by atoms with Crippen LogP contribution in [0, 0.1) is 20.8 Å². The minimum absolute atomic E-state index is 0.170. The highest BCUT2D eigenvalue weighted by Gasteiger charge is 2.23. The number of para-hydroxylation sites is 4. The van der Waals surface area contributed by atoms with Gasteiger partial charge < -0.3 is 34.0 Å². The first kappa shape index (κ1) is 94.5. The lowest BCUT2D eigenvalue weighted by molar-refractivity contribution is 0.415.